The monoisotopic (exact) mass is 275 g/mol. The van der Waals surface area contributed by atoms with E-state index in [0.717, 1.165) is 0 Å². The Morgan fingerprint density at radius 3 is 2.50 bits per heavy atom. The van der Waals surface area contributed by atoms with Crippen LogP contribution in [-0.4, -0.2) is 34.3 Å². The van der Waals surface area contributed by atoms with Crippen molar-refractivity contribution in [3.63, 3.8) is 0 Å². The average Bonchev–Trinajstić information content (AvgIpc) is 2.35. The van der Waals surface area contributed by atoms with Crippen LogP contribution >= 0.6 is 12.6 Å². The molecule has 8 heteroatoms. The molecule has 100 valence electrons. The van der Waals surface area contributed by atoms with Crippen molar-refractivity contribution in [2.24, 2.45) is 5.73 Å². The van der Waals surface area contributed by atoms with Crippen molar-refractivity contribution in [1.82, 2.24) is 0 Å². The lowest BCUT2D eigenvalue weighted by Gasteiger charge is -2.07. The summed E-state index contributed by atoms with van der Waals surface area (Å²) in [6.45, 7) is 0. The number of phenols is 1. The minimum atomic E-state index is -0.984. The number of rotatable bonds is 3. The van der Waals surface area contributed by atoms with Gasteiger partial charge in [0, 0.05) is 5.75 Å². The van der Waals surface area contributed by atoms with E-state index < -0.39 is 18.0 Å². The number of thiol groups is 1. The zero-order chi connectivity index (χ0) is 12.8. The van der Waals surface area contributed by atoms with Crippen LogP contribution in [0.15, 0.2) is 24.3 Å². The van der Waals surface area contributed by atoms with Crippen molar-refractivity contribution in [1.29, 1.82) is 0 Å². The highest BCUT2D eigenvalue weighted by atomic mass is 32.1. The summed E-state index contributed by atoms with van der Waals surface area (Å²) < 4.78 is 0. The van der Waals surface area contributed by atoms with Crippen LogP contribution in [0.4, 0.5) is 0 Å². The molecule has 0 heterocycles. The number of benzene rings is 1. The summed E-state index contributed by atoms with van der Waals surface area (Å²) in [5.74, 6) is -2.11. The molecule has 0 aliphatic heterocycles. The normalized spacial score (nSPS) is 11.0. The lowest BCUT2D eigenvalue weighted by atomic mass is 10.2. The first-order valence-electron chi connectivity index (χ1n) is 4.63. The van der Waals surface area contributed by atoms with E-state index in [2.05, 4.69) is 22.4 Å². The van der Waals surface area contributed by atoms with Crippen molar-refractivity contribution in [2.45, 2.75) is 6.04 Å². The second kappa shape index (κ2) is 7.54. The number of carbonyl (C=O) groups is 2. The van der Waals surface area contributed by atoms with Crippen LogP contribution in [0.2, 0.25) is 0 Å². The first-order chi connectivity index (χ1) is 8.06. The predicted octanol–water partition coefficient (Wildman–Crippen LogP) is -0.560. The number of aromatic hydroxyl groups is 1. The van der Waals surface area contributed by atoms with Crippen molar-refractivity contribution >= 4 is 24.6 Å². The predicted molar refractivity (Wildman–Crippen MR) is 65.1 cm³/mol. The Hall–Kier alpha value is -1.77. The van der Waals surface area contributed by atoms with Crippen LogP contribution in [0.3, 0.4) is 0 Å². The third kappa shape index (κ3) is 4.24. The second-order valence-corrected chi connectivity index (χ2v) is 3.44. The van der Waals surface area contributed by atoms with E-state index in [0.29, 0.717) is 0 Å². The standard InChI is InChI=1S/C10H11NO5S.H2O/c11-7(5-17)10(14)16-15-9(13)6-3-1-2-4-8(6)12;/h1-4,7,12,17H,5,11H2;1H2. The van der Waals surface area contributed by atoms with E-state index in [1.54, 1.807) is 0 Å². The van der Waals surface area contributed by atoms with Gasteiger partial charge in [-0.3, -0.25) is 0 Å². The maximum absolute atomic E-state index is 11.4. The van der Waals surface area contributed by atoms with Crippen molar-refractivity contribution in [3.8, 4) is 5.75 Å². The van der Waals surface area contributed by atoms with E-state index >= 15 is 0 Å². The van der Waals surface area contributed by atoms with Gasteiger partial charge in [0.2, 0.25) is 0 Å². The van der Waals surface area contributed by atoms with Crippen LogP contribution in [0.1, 0.15) is 10.4 Å². The minimum Gasteiger partial charge on any atom is -0.507 e. The summed E-state index contributed by atoms with van der Waals surface area (Å²) in [6.07, 6.45) is 0. The fourth-order valence-corrected chi connectivity index (χ4v) is 1.06. The van der Waals surface area contributed by atoms with Gasteiger partial charge in [-0.2, -0.15) is 12.6 Å². The highest BCUT2D eigenvalue weighted by Gasteiger charge is 2.19. The second-order valence-electron chi connectivity index (χ2n) is 3.08. The molecule has 0 radical (unpaired) electrons. The molecule has 18 heavy (non-hydrogen) atoms. The van der Waals surface area contributed by atoms with Crippen LogP contribution in [0.5, 0.6) is 5.75 Å². The van der Waals surface area contributed by atoms with Gasteiger partial charge in [-0.15, -0.1) is 0 Å². The molecule has 0 amide bonds. The third-order valence-corrected chi connectivity index (χ3v) is 2.22. The fraction of sp³-hybridized carbons (Fsp3) is 0.200. The molecule has 0 saturated carbocycles. The zero-order valence-electron chi connectivity index (χ0n) is 9.20. The van der Waals surface area contributed by atoms with Gasteiger partial charge in [-0.1, -0.05) is 12.1 Å². The Bertz CT molecular complexity index is 425. The maximum atomic E-state index is 11.4. The molecule has 5 N–H and O–H groups in total. The SMILES string of the molecule is NC(CS)C(=O)OOC(=O)c1ccccc1O.O. The zero-order valence-corrected chi connectivity index (χ0v) is 10.1. The Balaban J connectivity index is 0.00000289. The van der Waals surface area contributed by atoms with Gasteiger partial charge < -0.3 is 16.3 Å². The summed E-state index contributed by atoms with van der Waals surface area (Å²) in [5, 5.41) is 9.32. The molecular formula is C10H13NO6S. The molecule has 0 fully saturated rings. The molecule has 1 aromatic carbocycles. The molecule has 1 rings (SSSR count). The largest absolute Gasteiger partial charge is 0.507 e. The minimum absolute atomic E-state index is 0. The summed E-state index contributed by atoms with van der Waals surface area (Å²) in [7, 11) is 0. The van der Waals surface area contributed by atoms with Gasteiger partial charge >= 0.3 is 11.9 Å². The lowest BCUT2D eigenvalue weighted by Crippen LogP contribution is -2.34. The number of phenolic OH excluding ortho intramolecular Hbond substituents is 1. The molecular weight excluding hydrogens is 262 g/mol. The first-order valence-corrected chi connectivity index (χ1v) is 5.26. The smallest absolute Gasteiger partial charge is 0.390 e. The third-order valence-electron chi connectivity index (χ3n) is 1.82. The number of carbonyl (C=O) groups excluding carboxylic acids is 2. The van der Waals surface area contributed by atoms with Crippen LogP contribution in [0, 0.1) is 0 Å². The Morgan fingerprint density at radius 2 is 1.94 bits per heavy atom. The highest BCUT2D eigenvalue weighted by Crippen LogP contribution is 2.16. The number of nitrogens with two attached hydrogens (primary N) is 1. The lowest BCUT2D eigenvalue weighted by molar-refractivity contribution is -0.234. The summed E-state index contributed by atoms with van der Waals surface area (Å²) in [6, 6.07) is 4.71. The Morgan fingerprint density at radius 1 is 1.33 bits per heavy atom. The van der Waals surface area contributed by atoms with Gasteiger partial charge in [0.1, 0.15) is 17.4 Å². The Kier molecular flexibility index (Phi) is 6.79. The fourth-order valence-electron chi connectivity index (χ4n) is 0.906. The van der Waals surface area contributed by atoms with E-state index in [1.165, 1.54) is 24.3 Å². The van der Waals surface area contributed by atoms with Crippen molar-refractivity contribution in [2.75, 3.05) is 5.75 Å². The first kappa shape index (κ1) is 16.2. The quantitative estimate of drug-likeness (QED) is 0.385. The van der Waals surface area contributed by atoms with E-state index in [-0.39, 0.29) is 22.5 Å². The molecule has 0 aromatic heterocycles. The van der Waals surface area contributed by atoms with Crippen LogP contribution < -0.4 is 5.73 Å². The number of hydrogen-bond donors (Lipinski definition) is 3. The molecule has 0 aliphatic carbocycles. The molecule has 0 aliphatic rings. The van der Waals surface area contributed by atoms with Gasteiger partial charge in [0.25, 0.3) is 0 Å². The van der Waals surface area contributed by atoms with Crippen LogP contribution in [-0.2, 0) is 14.6 Å². The van der Waals surface area contributed by atoms with Crippen molar-refractivity contribution < 1.29 is 29.9 Å². The highest BCUT2D eigenvalue weighted by molar-refractivity contribution is 7.80. The summed E-state index contributed by atoms with van der Waals surface area (Å²) >= 11 is 3.78. The molecule has 7 nitrogen and oxygen atoms in total. The average molecular weight is 275 g/mol. The van der Waals surface area contributed by atoms with Gasteiger partial charge in [-0.05, 0) is 12.1 Å². The van der Waals surface area contributed by atoms with Gasteiger partial charge in [-0.25, -0.2) is 19.4 Å². The summed E-state index contributed by atoms with van der Waals surface area (Å²) in [4.78, 5) is 30.8. The Labute approximate surface area is 108 Å². The van der Waals surface area contributed by atoms with E-state index in [1.807, 2.05) is 0 Å². The maximum Gasteiger partial charge on any atom is 0.390 e. The van der Waals surface area contributed by atoms with Gasteiger partial charge in [0.15, 0.2) is 0 Å². The van der Waals surface area contributed by atoms with Crippen molar-refractivity contribution in [3.05, 3.63) is 29.8 Å². The molecule has 0 spiro atoms. The molecule has 0 bridgehead atoms. The number of para-hydroxylation sites is 1. The van der Waals surface area contributed by atoms with E-state index in [9.17, 15) is 14.7 Å². The molecule has 1 aromatic rings. The summed E-state index contributed by atoms with van der Waals surface area (Å²) in [5.41, 5.74) is 5.17. The molecule has 1 atom stereocenters. The van der Waals surface area contributed by atoms with E-state index in [4.69, 9.17) is 5.73 Å². The number of hydrogen-bond acceptors (Lipinski definition) is 7. The molecule has 1 unspecified atom stereocenters. The molecule has 0 saturated heterocycles. The van der Waals surface area contributed by atoms with Crippen LogP contribution in [0.25, 0.3) is 0 Å². The topological polar surface area (TPSA) is 130 Å². The van der Waals surface area contributed by atoms with Gasteiger partial charge in [0.05, 0.1) is 0 Å².